The van der Waals surface area contributed by atoms with E-state index in [9.17, 15) is 4.79 Å². The summed E-state index contributed by atoms with van der Waals surface area (Å²) in [7, 11) is 0. The number of imidazole rings is 1. The predicted molar refractivity (Wildman–Crippen MR) is 102 cm³/mol. The van der Waals surface area contributed by atoms with Crippen molar-refractivity contribution in [3.8, 4) is 0 Å². The van der Waals surface area contributed by atoms with Gasteiger partial charge in [-0.25, -0.2) is 9.78 Å². The van der Waals surface area contributed by atoms with E-state index < -0.39 is 0 Å². The molecule has 0 aromatic carbocycles. The Kier molecular flexibility index (Phi) is 5.19. The fraction of sp³-hybridized carbons (Fsp3) is 0.667. The fourth-order valence-corrected chi connectivity index (χ4v) is 4.78. The van der Waals surface area contributed by atoms with Gasteiger partial charge in [0.05, 0.1) is 0 Å². The Morgan fingerprint density at radius 1 is 1.31 bits per heavy atom. The molecular formula is C18H26N6OS. The number of hydrogen-bond donors (Lipinski definition) is 1. The van der Waals surface area contributed by atoms with Gasteiger partial charge in [0.25, 0.3) is 0 Å². The van der Waals surface area contributed by atoms with Crippen LogP contribution in [0.1, 0.15) is 61.5 Å². The smallest absolute Gasteiger partial charge is 0.323 e. The zero-order chi connectivity index (χ0) is 17.9. The van der Waals surface area contributed by atoms with Crippen LogP contribution >= 0.6 is 11.3 Å². The molecule has 1 N–H and O–H groups in total. The molecular weight excluding hydrogens is 348 g/mol. The summed E-state index contributed by atoms with van der Waals surface area (Å²) in [6.07, 6.45) is 9.69. The summed E-state index contributed by atoms with van der Waals surface area (Å²) < 4.78 is 2.39. The molecule has 2 aromatic rings. The molecule has 0 bridgehead atoms. The first-order valence-electron chi connectivity index (χ1n) is 9.67. The molecule has 1 atom stereocenters. The number of nitrogens with zero attached hydrogens (tertiary/aromatic N) is 5. The highest BCUT2D eigenvalue weighted by Gasteiger charge is 2.29. The van der Waals surface area contributed by atoms with Crippen molar-refractivity contribution in [2.24, 2.45) is 0 Å². The lowest BCUT2D eigenvalue weighted by atomic mass is 9.97. The molecule has 8 heteroatoms. The van der Waals surface area contributed by atoms with Crippen LogP contribution in [0.15, 0.2) is 6.20 Å². The number of aromatic nitrogens is 4. The van der Waals surface area contributed by atoms with Crippen LogP contribution < -0.4 is 5.32 Å². The Hall–Kier alpha value is -1.96. The summed E-state index contributed by atoms with van der Waals surface area (Å²) in [5, 5.41) is 12.7. The van der Waals surface area contributed by atoms with Crippen molar-refractivity contribution < 1.29 is 4.79 Å². The van der Waals surface area contributed by atoms with Gasteiger partial charge in [0, 0.05) is 43.9 Å². The molecule has 140 valence electrons. The minimum atomic E-state index is -0.0701. The van der Waals surface area contributed by atoms with Crippen molar-refractivity contribution in [1.29, 1.82) is 0 Å². The van der Waals surface area contributed by atoms with Gasteiger partial charge >= 0.3 is 6.03 Å². The molecule has 26 heavy (non-hydrogen) atoms. The summed E-state index contributed by atoms with van der Waals surface area (Å²) in [4.78, 5) is 19.3. The number of piperidine rings is 1. The Labute approximate surface area is 157 Å². The van der Waals surface area contributed by atoms with E-state index >= 15 is 0 Å². The number of rotatable bonds is 4. The number of urea groups is 1. The standard InChI is InChI=1S/C18H26N6OS/c1-2-6-15-21-22-17(26-15)20-18(25)23-9-5-7-13(12-23)16-19-11-14-8-3-4-10-24(14)16/h11,13H,2-10,12H2,1H3,(H,20,22,25). The first-order chi connectivity index (χ1) is 12.7. The number of hydrogen-bond acceptors (Lipinski definition) is 5. The molecule has 0 radical (unpaired) electrons. The van der Waals surface area contributed by atoms with E-state index in [2.05, 4.69) is 27.0 Å². The van der Waals surface area contributed by atoms with Crippen molar-refractivity contribution in [2.45, 2.75) is 64.3 Å². The second-order valence-corrected chi connectivity index (χ2v) is 8.24. The second-order valence-electron chi connectivity index (χ2n) is 7.18. The van der Waals surface area contributed by atoms with Gasteiger partial charge in [-0.15, -0.1) is 10.2 Å². The van der Waals surface area contributed by atoms with Gasteiger partial charge in [0.1, 0.15) is 10.8 Å². The second kappa shape index (κ2) is 7.73. The maximum absolute atomic E-state index is 12.7. The van der Waals surface area contributed by atoms with E-state index in [0.29, 0.717) is 11.0 Å². The monoisotopic (exact) mass is 374 g/mol. The molecule has 4 heterocycles. The van der Waals surface area contributed by atoms with Gasteiger partial charge < -0.3 is 9.47 Å². The first-order valence-corrected chi connectivity index (χ1v) is 10.5. The Morgan fingerprint density at radius 3 is 3.12 bits per heavy atom. The normalized spacial score (nSPS) is 20.0. The van der Waals surface area contributed by atoms with E-state index in [1.165, 1.54) is 35.7 Å². The Morgan fingerprint density at radius 2 is 2.23 bits per heavy atom. The van der Waals surface area contributed by atoms with Crippen LogP contribution in [0.5, 0.6) is 0 Å². The summed E-state index contributed by atoms with van der Waals surface area (Å²) in [6, 6.07) is -0.0701. The fourth-order valence-electron chi connectivity index (χ4n) is 3.95. The zero-order valence-electron chi connectivity index (χ0n) is 15.3. The number of aryl methyl sites for hydroxylation is 2. The summed E-state index contributed by atoms with van der Waals surface area (Å²) in [5.41, 5.74) is 1.35. The van der Waals surface area contributed by atoms with Crippen molar-refractivity contribution in [3.63, 3.8) is 0 Å². The van der Waals surface area contributed by atoms with E-state index in [1.54, 1.807) is 0 Å². The van der Waals surface area contributed by atoms with Gasteiger partial charge in [0.15, 0.2) is 0 Å². The molecule has 2 amide bonds. The molecule has 0 spiro atoms. The molecule has 2 aliphatic rings. The Bertz CT molecular complexity index is 770. The molecule has 1 fully saturated rings. The maximum atomic E-state index is 12.7. The summed E-state index contributed by atoms with van der Waals surface area (Å²) in [6.45, 7) is 4.69. The number of likely N-dealkylation sites (tertiary alicyclic amines) is 1. The SMILES string of the molecule is CCCc1nnc(NC(=O)N2CCCC(c3ncc4n3CCCC4)C2)s1. The highest BCUT2D eigenvalue weighted by Crippen LogP contribution is 2.29. The van der Waals surface area contributed by atoms with Crippen LogP contribution in [0.3, 0.4) is 0 Å². The number of carbonyl (C=O) groups excluding carboxylic acids is 1. The summed E-state index contributed by atoms with van der Waals surface area (Å²) in [5.74, 6) is 1.49. The van der Waals surface area contributed by atoms with Crippen LogP contribution in [-0.4, -0.2) is 43.8 Å². The first kappa shape index (κ1) is 17.5. The minimum absolute atomic E-state index is 0.0701. The van der Waals surface area contributed by atoms with Gasteiger partial charge in [-0.05, 0) is 38.5 Å². The predicted octanol–water partition coefficient (Wildman–Crippen LogP) is 3.43. The van der Waals surface area contributed by atoms with Crippen molar-refractivity contribution >= 4 is 22.5 Å². The number of anilines is 1. The minimum Gasteiger partial charge on any atom is -0.332 e. The van der Waals surface area contributed by atoms with Gasteiger partial charge in [-0.2, -0.15) is 0 Å². The summed E-state index contributed by atoms with van der Waals surface area (Å²) >= 11 is 1.47. The number of amides is 2. The largest absolute Gasteiger partial charge is 0.332 e. The molecule has 2 aromatic heterocycles. The highest BCUT2D eigenvalue weighted by molar-refractivity contribution is 7.15. The highest BCUT2D eigenvalue weighted by atomic mass is 32.1. The van der Waals surface area contributed by atoms with Crippen LogP contribution in [-0.2, 0) is 19.4 Å². The average molecular weight is 375 g/mol. The van der Waals surface area contributed by atoms with E-state index in [4.69, 9.17) is 4.98 Å². The van der Waals surface area contributed by atoms with Crippen LogP contribution in [0, 0.1) is 0 Å². The van der Waals surface area contributed by atoms with Crippen molar-refractivity contribution in [2.75, 3.05) is 18.4 Å². The van der Waals surface area contributed by atoms with Crippen molar-refractivity contribution in [3.05, 3.63) is 22.7 Å². The third kappa shape index (κ3) is 3.60. The van der Waals surface area contributed by atoms with Crippen LogP contribution in [0.2, 0.25) is 0 Å². The van der Waals surface area contributed by atoms with Crippen LogP contribution in [0.25, 0.3) is 0 Å². The molecule has 1 saturated heterocycles. The molecule has 4 rings (SSSR count). The third-order valence-electron chi connectivity index (χ3n) is 5.25. The number of fused-ring (bicyclic) bond motifs is 1. The lowest BCUT2D eigenvalue weighted by Gasteiger charge is -2.33. The maximum Gasteiger partial charge on any atom is 0.323 e. The molecule has 0 aliphatic carbocycles. The quantitative estimate of drug-likeness (QED) is 0.889. The Balaban J connectivity index is 1.41. The van der Waals surface area contributed by atoms with E-state index in [-0.39, 0.29) is 6.03 Å². The average Bonchev–Trinajstić information content (AvgIpc) is 3.29. The van der Waals surface area contributed by atoms with E-state index in [0.717, 1.165) is 56.7 Å². The number of carbonyl (C=O) groups is 1. The lowest BCUT2D eigenvalue weighted by Crippen LogP contribution is -2.42. The zero-order valence-corrected chi connectivity index (χ0v) is 16.1. The van der Waals surface area contributed by atoms with E-state index in [1.807, 2.05) is 11.1 Å². The van der Waals surface area contributed by atoms with Gasteiger partial charge in [0.2, 0.25) is 5.13 Å². The van der Waals surface area contributed by atoms with Crippen LogP contribution in [0.4, 0.5) is 9.93 Å². The lowest BCUT2D eigenvalue weighted by molar-refractivity contribution is 0.190. The molecule has 0 saturated carbocycles. The van der Waals surface area contributed by atoms with Crippen molar-refractivity contribution in [1.82, 2.24) is 24.6 Å². The van der Waals surface area contributed by atoms with Gasteiger partial charge in [-0.3, -0.25) is 5.32 Å². The van der Waals surface area contributed by atoms with Gasteiger partial charge in [-0.1, -0.05) is 18.3 Å². The molecule has 2 aliphatic heterocycles. The molecule has 7 nitrogen and oxygen atoms in total. The molecule has 1 unspecified atom stereocenters. The number of nitrogens with one attached hydrogen (secondary N) is 1. The topological polar surface area (TPSA) is 75.9 Å². The third-order valence-corrected chi connectivity index (χ3v) is 6.15.